The number of esters is 1. The van der Waals surface area contributed by atoms with Gasteiger partial charge < -0.3 is 14.6 Å². The first-order chi connectivity index (χ1) is 14.0. The maximum absolute atomic E-state index is 12.2. The van der Waals surface area contributed by atoms with Crippen LogP contribution in [0.25, 0.3) is 6.08 Å². The maximum atomic E-state index is 12.2. The van der Waals surface area contributed by atoms with Gasteiger partial charge >= 0.3 is 5.97 Å². The highest BCUT2D eigenvalue weighted by Crippen LogP contribution is 2.36. The molecule has 3 aromatic rings. The SMILES string of the molecule is COc1cc(C=Nc2ccc(O)cc2)cc(Br)c1OC(=O)/C=C/c1ccccc1. The Morgan fingerprint density at radius 1 is 1.03 bits per heavy atom. The Balaban J connectivity index is 1.76. The second-order valence-corrected chi connectivity index (χ2v) is 6.83. The van der Waals surface area contributed by atoms with Crippen molar-refractivity contribution in [2.24, 2.45) is 4.99 Å². The number of hydrogen-bond donors (Lipinski definition) is 1. The van der Waals surface area contributed by atoms with Crippen LogP contribution in [0.4, 0.5) is 5.69 Å². The molecule has 0 heterocycles. The van der Waals surface area contributed by atoms with E-state index in [4.69, 9.17) is 9.47 Å². The zero-order chi connectivity index (χ0) is 20.6. The molecule has 0 atom stereocenters. The van der Waals surface area contributed by atoms with Crippen molar-refractivity contribution in [2.45, 2.75) is 0 Å². The number of carbonyl (C=O) groups excluding carboxylic acids is 1. The van der Waals surface area contributed by atoms with Crippen molar-refractivity contribution in [3.05, 3.63) is 88.4 Å². The molecule has 146 valence electrons. The lowest BCUT2D eigenvalue weighted by molar-refractivity contribution is -0.129. The van der Waals surface area contributed by atoms with E-state index in [0.29, 0.717) is 15.9 Å². The highest BCUT2D eigenvalue weighted by Gasteiger charge is 2.14. The lowest BCUT2D eigenvalue weighted by atomic mass is 10.2. The number of methoxy groups -OCH3 is 1. The Kier molecular flexibility index (Phi) is 6.81. The average Bonchev–Trinajstić information content (AvgIpc) is 2.74. The van der Waals surface area contributed by atoms with E-state index < -0.39 is 5.97 Å². The van der Waals surface area contributed by atoms with Gasteiger partial charge in [-0.3, -0.25) is 4.99 Å². The van der Waals surface area contributed by atoms with Crippen LogP contribution in [0, 0.1) is 0 Å². The fraction of sp³-hybridized carbons (Fsp3) is 0.0435. The molecule has 3 rings (SSSR count). The van der Waals surface area contributed by atoms with Gasteiger partial charge in [-0.15, -0.1) is 0 Å². The molecule has 0 aliphatic rings. The number of ether oxygens (including phenoxy) is 2. The minimum absolute atomic E-state index is 0.181. The number of aliphatic imine (C=N–C) groups is 1. The molecule has 0 aliphatic heterocycles. The molecule has 0 radical (unpaired) electrons. The zero-order valence-electron chi connectivity index (χ0n) is 15.6. The van der Waals surface area contributed by atoms with Crippen LogP contribution in [0.2, 0.25) is 0 Å². The smallest absolute Gasteiger partial charge is 0.336 e. The summed E-state index contributed by atoms with van der Waals surface area (Å²) in [7, 11) is 1.50. The Morgan fingerprint density at radius 3 is 2.45 bits per heavy atom. The van der Waals surface area contributed by atoms with Crippen molar-refractivity contribution < 1.29 is 19.4 Å². The molecule has 1 N–H and O–H groups in total. The number of halogens is 1. The van der Waals surface area contributed by atoms with Crippen molar-refractivity contribution in [2.75, 3.05) is 7.11 Å². The summed E-state index contributed by atoms with van der Waals surface area (Å²) in [5.41, 5.74) is 2.34. The fourth-order valence-corrected chi connectivity index (χ4v) is 3.00. The fourth-order valence-electron chi connectivity index (χ4n) is 2.46. The number of benzene rings is 3. The van der Waals surface area contributed by atoms with Crippen molar-refractivity contribution in [3.63, 3.8) is 0 Å². The average molecular weight is 452 g/mol. The van der Waals surface area contributed by atoms with E-state index in [1.807, 2.05) is 30.3 Å². The van der Waals surface area contributed by atoms with Crippen LogP contribution in [-0.2, 0) is 4.79 Å². The molecule has 3 aromatic carbocycles. The predicted molar refractivity (Wildman–Crippen MR) is 117 cm³/mol. The van der Waals surface area contributed by atoms with Crippen molar-refractivity contribution in [1.82, 2.24) is 0 Å². The molecule has 0 saturated carbocycles. The number of rotatable bonds is 6. The van der Waals surface area contributed by atoms with Gasteiger partial charge in [-0.1, -0.05) is 30.3 Å². The van der Waals surface area contributed by atoms with E-state index >= 15 is 0 Å². The first-order valence-electron chi connectivity index (χ1n) is 8.71. The number of phenolic OH excluding ortho intramolecular Hbond substituents is 1. The molecule has 0 bridgehead atoms. The highest BCUT2D eigenvalue weighted by atomic mass is 79.9. The molecular weight excluding hydrogens is 434 g/mol. The van der Waals surface area contributed by atoms with Gasteiger partial charge in [0.1, 0.15) is 5.75 Å². The minimum Gasteiger partial charge on any atom is -0.508 e. The number of hydrogen-bond acceptors (Lipinski definition) is 5. The number of phenols is 1. The monoisotopic (exact) mass is 451 g/mol. The van der Waals surface area contributed by atoms with Crippen LogP contribution in [0.3, 0.4) is 0 Å². The number of nitrogens with zero attached hydrogens (tertiary/aromatic N) is 1. The molecule has 6 heteroatoms. The quantitative estimate of drug-likeness (QED) is 0.231. The van der Waals surface area contributed by atoms with E-state index in [1.54, 1.807) is 48.7 Å². The van der Waals surface area contributed by atoms with Crippen LogP contribution in [0.5, 0.6) is 17.2 Å². The first kappa shape index (κ1) is 20.4. The molecule has 0 amide bonds. The predicted octanol–water partition coefficient (Wildman–Crippen LogP) is 5.53. The van der Waals surface area contributed by atoms with Gasteiger partial charge in [-0.2, -0.15) is 0 Å². The third-order valence-electron chi connectivity index (χ3n) is 3.88. The molecule has 0 spiro atoms. The van der Waals surface area contributed by atoms with Gasteiger partial charge in [0.15, 0.2) is 11.5 Å². The molecular formula is C23H18BrNO4. The summed E-state index contributed by atoms with van der Waals surface area (Å²) in [4.78, 5) is 16.6. The van der Waals surface area contributed by atoms with E-state index in [0.717, 1.165) is 11.1 Å². The number of carbonyl (C=O) groups is 1. The second kappa shape index (κ2) is 9.71. The topological polar surface area (TPSA) is 68.1 Å². The zero-order valence-corrected chi connectivity index (χ0v) is 17.2. The van der Waals surface area contributed by atoms with Crippen molar-refractivity contribution in [1.29, 1.82) is 0 Å². The molecule has 0 fully saturated rings. The minimum atomic E-state index is -0.515. The summed E-state index contributed by atoms with van der Waals surface area (Å²) in [6, 6.07) is 19.5. The maximum Gasteiger partial charge on any atom is 0.336 e. The van der Waals surface area contributed by atoms with Gasteiger partial charge in [-0.05, 0) is 69.5 Å². The van der Waals surface area contributed by atoms with Crippen LogP contribution in [0.15, 0.2) is 82.3 Å². The lowest BCUT2D eigenvalue weighted by Gasteiger charge is -2.11. The Morgan fingerprint density at radius 2 is 1.76 bits per heavy atom. The van der Waals surface area contributed by atoms with Crippen molar-refractivity contribution in [3.8, 4) is 17.2 Å². The van der Waals surface area contributed by atoms with Gasteiger partial charge in [0.25, 0.3) is 0 Å². The molecule has 0 saturated heterocycles. The van der Waals surface area contributed by atoms with Crippen LogP contribution in [-0.4, -0.2) is 24.4 Å². The van der Waals surface area contributed by atoms with Gasteiger partial charge in [0.2, 0.25) is 0 Å². The summed E-state index contributed by atoms with van der Waals surface area (Å²) in [6.45, 7) is 0. The van der Waals surface area contributed by atoms with E-state index in [2.05, 4.69) is 20.9 Å². The second-order valence-electron chi connectivity index (χ2n) is 5.97. The largest absolute Gasteiger partial charge is 0.508 e. The molecule has 5 nitrogen and oxygen atoms in total. The van der Waals surface area contributed by atoms with Crippen molar-refractivity contribution >= 4 is 39.9 Å². The third kappa shape index (κ3) is 5.80. The molecule has 0 aliphatic carbocycles. The Labute approximate surface area is 177 Å². The summed E-state index contributed by atoms with van der Waals surface area (Å²) in [6.07, 6.45) is 4.70. The van der Waals surface area contributed by atoms with Crippen LogP contribution in [0.1, 0.15) is 11.1 Å². The first-order valence-corrected chi connectivity index (χ1v) is 9.50. The summed E-state index contributed by atoms with van der Waals surface area (Å²) in [5, 5.41) is 9.33. The normalized spacial score (nSPS) is 11.1. The Bertz CT molecular complexity index is 1040. The lowest BCUT2D eigenvalue weighted by Crippen LogP contribution is -2.06. The highest BCUT2D eigenvalue weighted by molar-refractivity contribution is 9.10. The van der Waals surface area contributed by atoms with Gasteiger partial charge in [0, 0.05) is 12.3 Å². The summed E-state index contributed by atoms with van der Waals surface area (Å²) in [5.74, 6) is 0.351. The van der Waals surface area contributed by atoms with Crippen LogP contribution < -0.4 is 9.47 Å². The van der Waals surface area contributed by atoms with Gasteiger partial charge in [0.05, 0.1) is 17.3 Å². The molecule has 0 aromatic heterocycles. The summed E-state index contributed by atoms with van der Waals surface area (Å²) >= 11 is 3.42. The Hall–Kier alpha value is -3.38. The summed E-state index contributed by atoms with van der Waals surface area (Å²) < 4.78 is 11.4. The molecule has 0 unspecified atom stereocenters. The molecule has 29 heavy (non-hydrogen) atoms. The van der Waals surface area contributed by atoms with E-state index in [-0.39, 0.29) is 11.5 Å². The standard InChI is InChI=1S/C23H18BrNO4/c1-28-21-14-17(15-25-18-8-10-19(26)11-9-18)13-20(24)23(21)29-22(27)12-7-16-5-3-2-4-6-16/h2-15,26H,1H3/b12-7+,25-15?. The third-order valence-corrected chi connectivity index (χ3v) is 4.47. The number of aromatic hydroxyl groups is 1. The van der Waals surface area contributed by atoms with Gasteiger partial charge in [-0.25, -0.2) is 4.79 Å². The van der Waals surface area contributed by atoms with E-state index in [1.165, 1.54) is 13.2 Å². The van der Waals surface area contributed by atoms with Crippen LogP contribution >= 0.6 is 15.9 Å². The van der Waals surface area contributed by atoms with E-state index in [9.17, 15) is 9.90 Å².